The maximum atomic E-state index is 12.6. The Kier molecular flexibility index (Phi) is 5.11. The Morgan fingerprint density at radius 3 is 2.59 bits per heavy atom. The third-order valence-electron chi connectivity index (χ3n) is 3.69. The first-order chi connectivity index (χ1) is 9.95. The molecule has 0 radical (unpaired) electrons. The van der Waals surface area contributed by atoms with Crippen LogP contribution in [0.1, 0.15) is 19.5 Å². The Hall–Kier alpha value is -1.15. The van der Waals surface area contributed by atoms with Gasteiger partial charge in [-0.2, -0.15) is 4.31 Å². The average Bonchev–Trinajstić information content (AvgIpc) is 2.81. The van der Waals surface area contributed by atoms with Crippen LogP contribution in [-0.2, 0) is 15.8 Å². The molecule has 0 bridgehead atoms. The Morgan fingerprint density at radius 1 is 1.27 bits per heavy atom. The summed E-state index contributed by atoms with van der Waals surface area (Å²) < 4.78 is 31.9. The van der Waals surface area contributed by atoms with E-state index >= 15 is 0 Å². The molecule has 22 heavy (non-hydrogen) atoms. The van der Waals surface area contributed by atoms with E-state index < -0.39 is 10.0 Å². The van der Waals surface area contributed by atoms with E-state index in [2.05, 4.69) is 10.5 Å². The highest BCUT2D eigenvalue weighted by molar-refractivity contribution is 7.88. The van der Waals surface area contributed by atoms with Crippen LogP contribution in [0.25, 0.3) is 11.0 Å². The number of nitrogens with one attached hydrogen (secondary N) is 1. The number of fused-ring (bicyclic) bond motifs is 1. The maximum Gasteiger partial charge on any atom is 0.220 e. The molecule has 3 rings (SSSR count). The summed E-state index contributed by atoms with van der Waals surface area (Å²) in [6.45, 7) is 4.96. The molecular weight excluding hydrogens is 326 g/mol. The van der Waals surface area contributed by atoms with Gasteiger partial charge in [0.15, 0.2) is 5.58 Å². The minimum Gasteiger partial charge on any atom is -0.356 e. The molecule has 6 nitrogen and oxygen atoms in total. The van der Waals surface area contributed by atoms with Gasteiger partial charge in [0.1, 0.15) is 11.4 Å². The second-order valence-corrected chi connectivity index (χ2v) is 7.64. The molecule has 2 atom stereocenters. The Bertz CT molecular complexity index is 737. The van der Waals surface area contributed by atoms with E-state index in [1.165, 1.54) is 0 Å². The number of hydrogen-bond donors (Lipinski definition) is 1. The molecule has 2 aromatic rings. The second kappa shape index (κ2) is 6.54. The zero-order valence-corrected chi connectivity index (χ0v) is 14.2. The zero-order chi connectivity index (χ0) is 15.0. The van der Waals surface area contributed by atoms with Crippen LogP contribution >= 0.6 is 12.4 Å². The molecule has 1 fully saturated rings. The minimum atomic E-state index is -3.39. The predicted molar refractivity (Wildman–Crippen MR) is 87.5 cm³/mol. The first kappa shape index (κ1) is 17.2. The lowest BCUT2D eigenvalue weighted by molar-refractivity contribution is 0.262. The number of rotatable bonds is 3. The van der Waals surface area contributed by atoms with Crippen molar-refractivity contribution < 1.29 is 12.9 Å². The number of piperazine rings is 1. The fourth-order valence-corrected chi connectivity index (χ4v) is 4.45. The van der Waals surface area contributed by atoms with Gasteiger partial charge in [0.2, 0.25) is 10.0 Å². The molecule has 1 aromatic carbocycles. The van der Waals surface area contributed by atoms with E-state index in [4.69, 9.17) is 4.52 Å². The van der Waals surface area contributed by atoms with Crippen LogP contribution in [-0.4, -0.2) is 43.1 Å². The van der Waals surface area contributed by atoms with E-state index in [0.29, 0.717) is 24.4 Å². The summed E-state index contributed by atoms with van der Waals surface area (Å²) in [6.07, 6.45) is 0. The van der Waals surface area contributed by atoms with Gasteiger partial charge >= 0.3 is 0 Å². The molecule has 2 unspecified atom stereocenters. The van der Waals surface area contributed by atoms with Crippen molar-refractivity contribution >= 4 is 33.4 Å². The van der Waals surface area contributed by atoms with Gasteiger partial charge in [-0.15, -0.1) is 12.4 Å². The highest BCUT2D eigenvalue weighted by atomic mass is 35.5. The van der Waals surface area contributed by atoms with Gasteiger partial charge in [0.05, 0.1) is 0 Å². The zero-order valence-electron chi connectivity index (χ0n) is 12.5. The van der Waals surface area contributed by atoms with Crippen molar-refractivity contribution in [3.8, 4) is 0 Å². The van der Waals surface area contributed by atoms with E-state index in [9.17, 15) is 8.42 Å². The van der Waals surface area contributed by atoms with E-state index in [0.717, 1.165) is 5.39 Å². The van der Waals surface area contributed by atoms with Crippen molar-refractivity contribution in [2.24, 2.45) is 0 Å². The molecule has 0 saturated carbocycles. The van der Waals surface area contributed by atoms with Crippen molar-refractivity contribution in [2.75, 3.05) is 13.1 Å². The number of sulfonamides is 1. The Labute approximate surface area is 136 Å². The van der Waals surface area contributed by atoms with Crippen molar-refractivity contribution in [1.29, 1.82) is 0 Å². The van der Waals surface area contributed by atoms with Gasteiger partial charge in [-0.3, -0.25) is 0 Å². The number of benzene rings is 1. The fourth-order valence-electron chi connectivity index (χ4n) is 2.81. The van der Waals surface area contributed by atoms with Gasteiger partial charge in [-0.25, -0.2) is 8.42 Å². The van der Waals surface area contributed by atoms with Gasteiger partial charge in [-0.05, 0) is 26.0 Å². The average molecular weight is 346 g/mol. The molecule has 0 aliphatic carbocycles. The summed E-state index contributed by atoms with van der Waals surface area (Å²) >= 11 is 0. The highest BCUT2D eigenvalue weighted by Gasteiger charge is 2.31. The third-order valence-corrected chi connectivity index (χ3v) is 5.41. The van der Waals surface area contributed by atoms with Gasteiger partial charge in [-0.1, -0.05) is 17.3 Å². The van der Waals surface area contributed by atoms with Crippen LogP contribution < -0.4 is 5.32 Å². The quantitative estimate of drug-likeness (QED) is 0.917. The largest absolute Gasteiger partial charge is 0.356 e. The van der Waals surface area contributed by atoms with Crippen LogP contribution in [0, 0.1) is 0 Å². The molecular formula is C14H20ClN3O3S. The molecule has 0 amide bonds. The van der Waals surface area contributed by atoms with Crippen molar-refractivity contribution in [2.45, 2.75) is 31.7 Å². The summed E-state index contributed by atoms with van der Waals surface area (Å²) in [5, 5.41) is 8.01. The number of hydrogen-bond acceptors (Lipinski definition) is 5. The van der Waals surface area contributed by atoms with Crippen molar-refractivity contribution in [3.63, 3.8) is 0 Å². The van der Waals surface area contributed by atoms with E-state index in [1.54, 1.807) is 10.4 Å². The van der Waals surface area contributed by atoms with Crippen molar-refractivity contribution in [3.05, 3.63) is 30.0 Å². The number of nitrogens with zero attached hydrogens (tertiary/aromatic N) is 2. The van der Waals surface area contributed by atoms with Gasteiger partial charge in [0, 0.05) is 30.6 Å². The van der Waals surface area contributed by atoms with Gasteiger partial charge in [0.25, 0.3) is 0 Å². The van der Waals surface area contributed by atoms with Gasteiger partial charge < -0.3 is 9.84 Å². The lowest BCUT2D eigenvalue weighted by atomic mass is 10.2. The monoisotopic (exact) mass is 345 g/mol. The molecule has 1 N–H and O–H groups in total. The third kappa shape index (κ3) is 3.43. The Morgan fingerprint density at radius 2 is 1.91 bits per heavy atom. The molecule has 122 valence electrons. The smallest absolute Gasteiger partial charge is 0.220 e. The molecule has 1 saturated heterocycles. The standard InChI is InChI=1S/C14H19N3O3S.ClH/c1-10-7-17(8-11(2)15-10)21(18,19)9-13-12-5-3-4-6-14(12)20-16-13;/h3-6,10-11,15H,7-9H2,1-2H3;1H. The van der Waals surface area contributed by atoms with Crippen LogP contribution in [0.5, 0.6) is 0 Å². The van der Waals surface area contributed by atoms with Crippen LogP contribution in [0.4, 0.5) is 0 Å². The summed E-state index contributed by atoms with van der Waals surface area (Å²) in [6, 6.07) is 7.61. The Balaban J connectivity index is 0.00000176. The summed E-state index contributed by atoms with van der Waals surface area (Å²) in [5.41, 5.74) is 1.09. The topological polar surface area (TPSA) is 75.4 Å². The van der Waals surface area contributed by atoms with E-state index in [1.807, 2.05) is 32.0 Å². The summed E-state index contributed by atoms with van der Waals surface area (Å²) in [7, 11) is -3.39. The van der Waals surface area contributed by atoms with E-state index in [-0.39, 0.29) is 30.2 Å². The molecule has 1 aliphatic rings. The van der Waals surface area contributed by atoms with Crippen LogP contribution in [0.2, 0.25) is 0 Å². The normalized spacial score (nSPS) is 23.4. The minimum absolute atomic E-state index is 0. The van der Waals surface area contributed by atoms with Crippen molar-refractivity contribution in [1.82, 2.24) is 14.8 Å². The molecule has 8 heteroatoms. The summed E-state index contributed by atoms with van der Waals surface area (Å²) in [4.78, 5) is 0. The number of aromatic nitrogens is 1. The number of halogens is 1. The lowest BCUT2D eigenvalue weighted by Crippen LogP contribution is -2.55. The molecule has 1 aromatic heterocycles. The lowest BCUT2D eigenvalue weighted by Gasteiger charge is -2.35. The molecule has 0 spiro atoms. The molecule has 2 heterocycles. The van der Waals surface area contributed by atoms with Crippen LogP contribution in [0.3, 0.4) is 0 Å². The highest BCUT2D eigenvalue weighted by Crippen LogP contribution is 2.22. The first-order valence-electron chi connectivity index (χ1n) is 7.03. The maximum absolute atomic E-state index is 12.6. The second-order valence-electron chi connectivity index (χ2n) is 5.67. The fraction of sp³-hybridized carbons (Fsp3) is 0.500. The van der Waals surface area contributed by atoms with Crippen LogP contribution in [0.15, 0.2) is 28.8 Å². The first-order valence-corrected chi connectivity index (χ1v) is 8.64. The SMILES string of the molecule is CC1CN(S(=O)(=O)Cc2noc3ccccc23)CC(C)N1.Cl. The predicted octanol–water partition coefficient (Wildman–Crippen LogP) is 1.76. The number of para-hydroxylation sites is 1. The molecule has 1 aliphatic heterocycles. The summed E-state index contributed by atoms with van der Waals surface area (Å²) in [5.74, 6) is -0.122.